The van der Waals surface area contributed by atoms with E-state index in [9.17, 15) is 14.4 Å². The Bertz CT molecular complexity index is 1900. The smallest absolute Gasteiger partial charge is 0.404 e. The van der Waals surface area contributed by atoms with E-state index in [-0.39, 0.29) is 11.8 Å². The lowest BCUT2D eigenvalue weighted by atomic mass is 9.98. The molecular weight excluding hydrogens is 634 g/mol. The van der Waals surface area contributed by atoms with E-state index in [1.807, 2.05) is 67.5 Å². The van der Waals surface area contributed by atoms with Crippen LogP contribution in [0, 0.1) is 6.92 Å². The molecule has 0 saturated heterocycles. The van der Waals surface area contributed by atoms with Crippen LogP contribution in [-0.2, 0) is 40.0 Å². The van der Waals surface area contributed by atoms with E-state index in [4.69, 9.17) is 21.7 Å². The molecular formula is C34H40ClN9O4. The minimum Gasteiger partial charge on any atom is -0.465 e. The second-order valence-corrected chi connectivity index (χ2v) is 12.8. The fourth-order valence-corrected chi connectivity index (χ4v) is 6.87. The number of benzene rings is 2. The highest BCUT2D eigenvalue weighted by Crippen LogP contribution is 2.38. The van der Waals surface area contributed by atoms with Gasteiger partial charge in [-0.1, -0.05) is 35.9 Å². The first-order valence-electron chi connectivity index (χ1n) is 16.0. The minimum atomic E-state index is -1.02. The van der Waals surface area contributed by atoms with Crippen molar-refractivity contribution in [1.29, 1.82) is 0 Å². The Morgan fingerprint density at radius 1 is 0.833 bits per heavy atom. The third-order valence-electron chi connectivity index (χ3n) is 9.23. The predicted octanol–water partition coefficient (Wildman–Crippen LogP) is 4.29. The number of amides is 3. The van der Waals surface area contributed by atoms with Crippen molar-refractivity contribution in [3.05, 3.63) is 81.4 Å². The molecule has 0 unspecified atom stereocenters. The average molecular weight is 674 g/mol. The van der Waals surface area contributed by atoms with Crippen LogP contribution in [0.4, 0.5) is 16.2 Å². The van der Waals surface area contributed by atoms with Crippen LogP contribution in [0.2, 0.25) is 5.02 Å². The van der Waals surface area contributed by atoms with Gasteiger partial charge in [0.25, 0.3) is 11.8 Å². The monoisotopic (exact) mass is 673 g/mol. The van der Waals surface area contributed by atoms with Crippen molar-refractivity contribution < 1.29 is 19.5 Å². The number of carbonyl (C=O) groups is 3. The molecule has 0 atom stereocenters. The van der Waals surface area contributed by atoms with Gasteiger partial charge in [-0.25, -0.2) is 14.8 Å². The first kappa shape index (κ1) is 33.2. The van der Waals surface area contributed by atoms with E-state index >= 15 is 0 Å². The quantitative estimate of drug-likeness (QED) is 0.192. The van der Waals surface area contributed by atoms with Crippen LogP contribution in [0.3, 0.4) is 0 Å². The highest BCUT2D eigenvalue weighted by molar-refractivity contribution is 6.36. The number of carboxylic acid groups (broad SMARTS) is 1. The van der Waals surface area contributed by atoms with Crippen LogP contribution in [-0.4, -0.2) is 85.1 Å². The zero-order valence-electron chi connectivity index (χ0n) is 27.6. The molecule has 3 amide bonds. The molecule has 14 heteroatoms. The number of nitrogens with zero attached hydrogens (tertiary/aromatic N) is 6. The molecule has 4 aromatic rings. The van der Waals surface area contributed by atoms with Gasteiger partial charge in [-0.15, -0.1) is 0 Å². The zero-order chi connectivity index (χ0) is 34.1. The Morgan fingerprint density at radius 3 is 2.08 bits per heavy atom. The van der Waals surface area contributed by atoms with Crippen LogP contribution < -0.4 is 16.0 Å². The van der Waals surface area contributed by atoms with Crippen molar-refractivity contribution in [3.8, 4) is 11.1 Å². The van der Waals surface area contributed by atoms with E-state index in [1.165, 1.54) is 0 Å². The van der Waals surface area contributed by atoms with Crippen LogP contribution in [0.5, 0.6) is 0 Å². The second-order valence-electron chi connectivity index (χ2n) is 12.4. The van der Waals surface area contributed by atoms with Crippen molar-refractivity contribution in [2.24, 2.45) is 14.1 Å². The molecule has 2 aromatic heterocycles. The van der Waals surface area contributed by atoms with Gasteiger partial charge in [-0.2, -0.15) is 0 Å². The maximum absolute atomic E-state index is 13.5. The van der Waals surface area contributed by atoms with Crippen molar-refractivity contribution in [2.45, 2.75) is 39.3 Å². The molecule has 2 aliphatic heterocycles. The fourth-order valence-electron chi connectivity index (χ4n) is 6.59. The summed E-state index contributed by atoms with van der Waals surface area (Å²) in [5, 5.41) is 17.6. The summed E-state index contributed by atoms with van der Waals surface area (Å²) in [6.07, 6.45) is 1.26. The Kier molecular flexibility index (Phi) is 9.54. The van der Waals surface area contributed by atoms with Gasteiger partial charge >= 0.3 is 6.09 Å². The third-order valence-corrected chi connectivity index (χ3v) is 9.64. The van der Waals surface area contributed by atoms with E-state index in [1.54, 1.807) is 6.07 Å². The summed E-state index contributed by atoms with van der Waals surface area (Å²) < 4.78 is 3.72. The van der Waals surface area contributed by atoms with Crippen molar-refractivity contribution in [2.75, 3.05) is 43.9 Å². The first-order chi connectivity index (χ1) is 23.0. The second kappa shape index (κ2) is 13.8. The van der Waals surface area contributed by atoms with Crippen LogP contribution in [0.1, 0.15) is 56.0 Å². The summed E-state index contributed by atoms with van der Waals surface area (Å²) in [5.41, 5.74) is 7.31. The lowest BCUT2D eigenvalue weighted by Gasteiger charge is -2.26. The number of carbonyl (C=O) groups excluding carboxylic acids is 2. The maximum Gasteiger partial charge on any atom is 0.404 e. The van der Waals surface area contributed by atoms with Gasteiger partial charge < -0.3 is 35.1 Å². The van der Waals surface area contributed by atoms with E-state index in [2.05, 4.69) is 30.7 Å². The Hall–Kier alpha value is -4.72. The number of fused-ring (bicyclic) bond motifs is 2. The van der Waals surface area contributed by atoms with Crippen molar-refractivity contribution >= 4 is 40.9 Å². The summed E-state index contributed by atoms with van der Waals surface area (Å²) in [7, 11) is 5.77. The number of likely N-dealkylation sites (N-methyl/N-ethyl adjacent to an activating group) is 1. The normalized spacial score (nSPS) is 14.7. The molecule has 48 heavy (non-hydrogen) atoms. The van der Waals surface area contributed by atoms with Crippen LogP contribution >= 0.6 is 11.6 Å². The molecule has 0 aliphatic carbocycles. The average Bonchev–Trinajstić information content (AvgIpc) is 3.56. The molecule has 0 bridgehead atoms. The lowest BCUT2D eigenvalue weighted by molar-refractivity contribution is 0.100. The molecule has 4 N–H and O–H groups in total. The Labute approximate surface area is 283 Å². The summed E-state index contributed by atoms with van der Waals surface area (Å²) in [6, 6.07) is 11.1. The summed E-state index contributed by atoms with van der Waals surface area (Å²) >= 11 is 6.92. The molecule has 0 spiro atoms. The number of hydrogen-bond acceptors (Lipinski definition) is 7. The number of rotatable bonds is 9. The maximum atomic E-state index is 13.5. The van der Waals surface area contributed by atoms with Gasteiger partial charge in [0.15, 0.2) is 11.6 Å². The van der Waals surface area contributed by atoms with Gasteiger partial charge in [0.05, 0.1) is 22.1 Å². The molecule has 252 valence electrons. The molecule has 4 heterocycles. The SMILES string of the molecule is Cc1c(NC(=O)c2nc3c(n2C)CCN(CCCNC(=O)O)C3)cccc1-c1cccc(NC(=O)c2nc3c(n2C)CCN(C)C3)c1Cl. The Morgan fingerprint density at radius 2 is 1.42 bits per heavy atom. The number of halogens is 1. The highest BCUT2D eigenvalue weighted by Gasteiger charge is 2.27. The number of aromatic nitrogens is 4. The van der Waals surface area contributed by atoms with Crippen LogP contribution in [0.25, 0.3) is 11.1 Å². The van der Waals surface area contributed by atoms with E-state index in [0.29, 0.717) is 54.1 Å². The molecule has 6 rings (SSSR count). The number of nitrogens with one attached hydrogen (secondary N) is 3. The molecule has 0 radical (unpaired) electrons. The topological polar surface area (TPSA) is 150 Å². The molecule has 2 aliphatic rings. The molecule has 0 saturated carbocycles. The summed E-state index contributed by atoms with van der Waals surface area (Å²) in [5.74, 6) is 0.0155. The zero-order valence-corrected chi connectivity index (χ0v) is 28.3. The van der Waals surface area contributed by atoms with Gasteiger partial charge in [0, 0.05) is 88.8 Å². The van der Waals surface area contributed by atoms with Gasteiger partial charge in [0.1, 0.15) is 0 Å². The number of imidazole rings is 2. The molecule has 13 nitrogen and oxygen atoms in total. The standard InChI is InChI=1S/C34H40ClN9O4/c1-20-21(22-9-6-11-24(29(22)35)40-33(46)31-37-25-18-41(2)16-12-27(25)42(31)3)8-5-10-23(20)39-32(45)30-38-26-19-44(15-7-14-36-34(47)48)17-13-28(26)43(30)4/h5-6,8-11,36H,7,12-19H2,1-4H3,(H,39,45)(H,40,46)(H,47,48). The van der Waals surface area contributed by atoms with Gasteiger partial charge in [0.2, 0.25) is 0 Å². The third kappa shape index (κ3) is 6.66. The number of anilines is 2. The van der Waals surface area contributed by atoms with E-state index < -0.39 is 6.09 Å². The number of hydrogen-bond donors (Lipinski definition) is 4. The minimum absolute atomic E-state index is 0.319. The Balaban J connectivity index is 1.17. The fraction of sp³-hybridized carbons (Fsp3) is 0.382. The van der Waals surface area contributed by atoms with Crippen molar-refractivity contribution in [3.63, 3.8) is 0 Å². The van der Waals surface area contributed by atoms with Crippen LogP contribution in [0.15, 0.2) is 36.4 Å². The highest BCUT2D eigenvalue weighted by atomic mass is 35.5. The van der Waals surface area contributed by atoms with Gasteiger partial charge in [-0.3, -0.25) is 14.5 Å². The predicted molar refractivity (Wildman–Crippen MR) is 184 cm³/mol. The van der Waals surface area contributed by atoms with Gasteiger partial charge in [-0.05, 0) is 43.7 Å². The van der Waals surface area contributed by atoms with Crippen molar-refractivity contribution in [1.82, 2.24) is 34.2 Å². The largest absolute Gasteiger partial charge is 0.465 e. The summed E-state index contributed by atoms with van der Waals surface area (Å²) in [4.78, 5) is 51.4. The van der Waals surface area contributed by atoms with E-state index in [0.717, 1.165) is 71.9 Å². The molecule has 2 aromatic carbocycles. The molecule has 0 fully saturated rings. The first-order valence-corrected chi connectivity index (χ1v) is 16.4. The lowest BCUT2D eigenvalue weighted by Crippen LogP contribution is -2.34. The summed E-state index contributed by atoms with van der Waals surface area (Å²) in [6.45, 7) is 6.08.